The van der Waals surface area contributed by atoms with Gasteiger partial charge in [0.2, 0.25) is 0 Å². The fourth-order valence-electron chi connectivity index (χ4n) is 3.42. The van der Waals surface area contributed by atoms with E-state index in [4.69, 9.17) is 4.74 Å². The Bertz CT molecular complexity index is 748. The van der Waals surface area contributed by atoms with Gasteiger partial charge < -0.3 is 15.2 Å². The lowest BCUT2D eigenvalue weighted by Gasteiger charge is -2.32. The van der Waals surface area contributed by atoms with Crippen molar-refractivity contribution in [2.75, 3.05) is 13.7 Å². The van der Waals surface area contributed by atoms with Crippen molar-refractivity contribution in [3.8, 4) is 17.0 Å². The molecule has 2 N–H and O–H groups in total. The van der Waals surface area contributed by atoms with Gasteiger partial charge in [-0.25, -0.2) is 0 Å². The molecule has 2 aromatic rings. The van der Waals surface area contributed by atoms with E-state index in [1.54, 1.807) is 25.0 Å². The first kappa shape index (κ1) is 17.5. The van der Waals surface area contributed by atoms with Crippen molar-refractivity contribution < 1.29 is 14.6 Å². The fraction of sp³-hybridized carbons (Fsp3) is 0.474. The van der Waals surface area contributed by atoms with E-state index < -0.39 is 5.60 Å². The zero-order chi connectivity index (χ0) is 17.9. The van der Waals surface area contributed by atoms with E-state index in [0.29, 0.717) is 17.0 Å². The van der Waals surface area contributed by atoms with Crippen LogP contribution in [0.3, 0.4) is 0 Å². The normalized spacial score (nSPS) is 16.4. The number of rotatable bonds is 5. The van der Waals surface area contributed by atoms with Crippen molar-refractivity contribution in [3.63, 3.8) is 0 Å². The number of benzene rings is 1. The molecule has 1 aliphatic rings. The number of hydrogen-bond acceptors (Lipinski definition) is 4. The number of nitrogens with one attached hydrogen (secondary N) is 1. The molecule has 1 saturated carbocycles. The van der Waals surface area contributed by atoms with Crippen LogP contribution in [0.5, 0.6) is 5.75 Å². The van der Waals surface area contributed by atoms with Crippen LogP contribution in [0.1, 0.15) is 42.5 Å². The van der Waals surface area contributed by atoms with Crippen molar-refractivity contribution >= 4 is 5.91 Å². The van der Waals surface area contributed by atoms with E-state index in [9.17, 15) is 9.90 Å². The summed E-state index contributed by atoms with van der Waals surface area (Å²) in [5.74, 6) is 0.439. The molecule has 134 valence electrons. The molecular weight excluding hydrogens is 318 g/mol. The van der Waals surface area contributed by atoms with Crippen molar-refractivity contribution in [1.82, 2.24) is 15.1 Å². The SMILES string of the molecule is COc1ccccc1-c1nn(C)cc1C(=O)NCC1(O)CCCCC1. The molecule has 0 bridgehead atoms. The minimum atomic E-state index is -0.791. The van der Waals surface area contributed by atoms with Crippen molar-refractivity contribution in [3.05, 3.63) is 36.0 Å². The Labute approximate surface area is 147 Å². The van der Waals surface area contributed by atoms with Gasteiger partial charge in [-0.15, -0.1) is 0 Å². The van der Waals surface area contributed by atoms with E-state index in [1.165, 1.54) is 0 Å². The summed E-state index contributed by atoms with van der Waals surface area (Å²) in [6.45, 7) is 0.270. The molecule has 1 fully saturated rings. The molecule has 6 heteroatoms. The largest absolute Gasteiger partial charge is 0.496 e. The summed E-state index contributed by atoms with van der Waals surface area (Å²) in [4.78, 5) is 12.7. The zero-order valence-electron chi connectivity index (χ0n) is 14.8. The molecule has 1 amide bonds. The van der Waals surface area contributed by atoms with Gasteiger partial charge in [-0.2, -0.15) is 5.10 Å². The van der Waals surface area contributed by atoms with Gasteiger partial charge in [0.05, 0.1) is 18.3 Å². The summed E-state index contributed by atoms with van der Waals surface area (Å²) < 4.78 is 7.01. The molecule has 3 rings (SSSR count). The number of aliphatic hydroxyl groups is 1. The summed E-state index contributed by atoms with van der Waals surface area (Å²) in [6.07, 6.45) is 6.33. The van der Waals surface area contributed by atoms with Crippen LogP contribution in [-0.4, -0.2) is 40.0 Å². The molecule has 0 atom stereocenters. The maximum atomic E-state index is 12.7. The molecule has 0 radical (unpaired) electrons. The van der Waals surface area contributed by atoms with Gasteiger partial charge in [0.1, 0.15) is 11.4 Å². The third kappa shape index (κ3) is 3.85. The number of aromatic nitrogens is 2. The first-order valence-corrected chi connectivity index (χ1v) is 8.70. The first-order valence-electron chi connectivity index (χ1n) is 8.70. The van der Waals surface area contributed by atoms with Crippen molar-refractivity contribution in [1.29, 1.82) is 0 Å². The highest BCUT2D eigenvalue weighted by Gasteiger charge is 2.30. The third-order valence-electron chi connectivity index (χ3n) is 4.80. The molecule has 0 saturated heterocycles. The molecule has 0 unspecified atom stereocenters. The summed E-state index contributed by atoms with van der Waals surface area (Å²) >= 11 is 0. The van der Waals surface area contributed by atoms with Crippen LogP contribution in [-0.2, 0) is 7.05 Å². The van der Waals surface area contributed by atoms with E-state index in [0.717, 1.165) is 37.7 Å². The van der Waals surface area contributed by atoms with Crippen LogP contribution in [0.25, 0.3) is 11.3 Å². The highest BCUT2D eigenvalue weighted by atomic mass is 16.5. The lowest BCUT2D eigenvalue weighted by molar-refractivity contribution is 0.00526. The highest BCUT2D eigenvalue weighted by molar-refractivity contribution is 6.00. The molecule has 0 spiro atoms. The van der Waals surface area contributed by atoms with Crippen LogP contribution in [0.15, 0.2) is 30.5 Å². The summed E-state index contributed by atoms with van der Waals surface area (Å²) in [7, 11) is 3.38. The Hall–Kier alpha value is -2.34. The molecule has 1 aliphatic carbocycles. The van der Waals surface area contributed by atoms with Gasteiger partial charge in [-0.1, -0.05) is 31.4 Å². The van der Waals surface area contributed by atoms with Gasteiger partial charge in [0.25, 0.3) is 5.91 Å². The predicted octanol–water partition coefficient (Wildman–Crippen LogP) is 2.52. The number of carbonyl (C=O) groups is 1. The summed E-state index contributed by atoms with van der Waals surface area (Å²) in [5, 5.41) is 17.9. The van der Waals surface area contributed by atoms with Gasteiger partial charge in [0.15, 0.2) is 0 Å². The highest BCUT2D eigenvalue weighted by Crippen LogP contribution is 2.31. The van der Waals surface area contributed by atoms with Crippen LogP contribution < -0.4 is 10.1 Å². The topological polar surface area (TPSA) is 76.4 Å². The molecule has 0 aliphatic heterocycles. The first-order chi connectivity index (χ1) is 12.0. The molecule has 25 heavy (non-hydrogen) atoms. The number of nitrogens with zero attached hydrogens (tertiary/aromatic N) is 2. The standard InChI is InChI=1S/C19H25N3O3/c1-22-12-15(17(21-22)14-8-4-5-9-16(14)25-2)18(23)20-13-19(24)10-6-3-7-11-19/h4-5,8-9,12,24H,3,6-7,10-11,13H2,1-2H3,(H,20,23). The Morgan fingerprint density at radius 3 is 2.76 bits per heavy atom. The van der Waals surface area contributed by atoms with Gasteiger partial charge >= 0.3 is 0 Å². The summed E-state index contributed by atoms with van der Waals surface area (Å²) in [5.41, 5.74) is 1.03. The number of amides is 1. The van der Waals surface area contributed by atoms with E-state index in [1.807, 2.05) is 24.3 Å². The monoisotopic (exact) mass is 343 g/mol. The van der Waals surface area contributed by atoms with Crippen LogP contribution in [0, 0.1) is 0 Å². The van der Waals surface area contributed by atoms with Crippen LogP contribution in [0.4, 0.5) is 0 Å². The molecular formula is C19H25N3O3. The number of aryl methyl sites for hydroxylation is 1. The van der Waals surface area contributed by atoms with Gasteiger partial charge in [0, 0.05) is 25.4 Å². The second kappa shape index (κ2) is 7.27. The second-order valence-corrected chi connectivity index (χ2v) is 6.73. The van der Waals surface area contributed by atoms with E-state index in [-0.39, 0.29) is 12.5 Å². The Kier molecular flexibility index (Phi) is 5.08. The lowest BCUT2D eigenvalue weighted by Crippen LogP contribution is -2.44. The number of para-hydroxylation sites is 1. The van der Waals surface area contributed by atoms with Crippen LogP contribution in [0.2, 0.25) is 0 Å². The number of carbonyl (C=O) groups excluding carboxylic acids is 1. The number of ether oxygens (including phenoxy) is 1. The van der Waals surface area contributed by atoms with Crippen molar-refractivity contribution in [2.45, 2.75) is 37.7 Å². The molecule has 1 heterocycles. The van der Waals surface area contributed by atoms with Crippen LogP contribution >= 0.6 is 0 Å². The smallest absolute Gasteiger partial charge is 0.255 e. The van der Waals surface area contributed by atoms with Crippen molar-refractivity contribution in [2.24, 2.45) is 7.05 Å². The minimum Gasteiger partial charge on any atom is -0.496 e. The third-order valence-corrected chi connectivity index (χ3v) is 4.80. The minimum absolute atomic E-state index is 0.229. The van der Waals surface area contributed by atoms with Gasteiger partial charge in [-0.3, -0.25) is 9.48 Å². The average molecular weight is 343 g/mol. The maximum Gasteiger partial charge on any atom is 0.255 e. The fourth-order valence-corrected chi connectivity index (χ4v) is 3.42. The predicted molar refractivity (Wildman–Crippen MR) is 95.6 cm³/mol. The maximum absolute atomic E-state index is 12.7. The van der Waals surface area contributed by atoms with E-state index in [2.05, 4.69) is 10.4 Å². The number of hydrogen-bond donors (Lipinski definition) is 2. The molecule has 1 aromatic carbocycles. The quantitative estimate of drug-likeness (QED) is 0.875. The lowest BCUT2D eigenvalue weighted by atomic mass is 9.85. The number of methoxy groups -OCH3 is 1. The van der Waals surface area contributed by atoms with Gasteiger partial charge in [-0.05, 0) is 25.0 Å². The molecule has 1 aromatic heterocycles. The summed E-state index contributed by atoms with van der Waals surface area (Å²) in [6, 6.07) is 7.49. The average Bonchev–Trinajstić information content (AvgIpc) is 3.02. The molecule has 6 nitrogen and oxygen atoms in total. The zero-order valence-corrected chi connectivity index (χ0v) is 14.8. The Balaban J connectivity index is 1.81. The Morgan fingerprint density at radius 2 is 2.04 bits per heavy atom. The second-order valence-electron chi connectivity index (χ2n) is 6.73. The van der Waals surface area contributed by atoms with E-state index >= 15 is 0 Å². The Morgan fingerprint density at radius 1 is 1.32 bits per heavy atom.